The van der Waals surface area contributed by atoms with Crippen LogP contribution in [0.4, 0.5) is 5.69 Å². The van der Waals surface area contributed by atoms with E-state index < -0.39 is 15.6 Å². The van der Waals surface area contributed by atoms with E-state index in [1.807, 2.05) is 0 Å². The molecule has 1 fully saturated rings. The van der Waals surface area contributed by atoms with Crippen molar-refractivity contribution in [2.75, 3.05) is 50.4 Å². The van der Waals surface area contributed by atoms with E-state index >= 15 is 0 Å². The smallest absolute Gasteiger partial charge is 0.229 e. The molecule has 1 aromatic rings. The Bertz CT molecular complexity index is 830. The van der Waals surface area contributed by atoms with Gasteiger partial charge in [-0.1, -0.05) is 5.16 Å². The lowest BCUT2D eigenvalue weighted by atomic mass is 9.82. The number of halogens is 2. The van der Waals surface area contributed by atoms with E-state index in [9.17, 15) is 13.6 Å². The van der Waals surface area contributed by atoms with Crippen LogP contribution in [0, 0.1) is 0 Å². The Morgan fingerprint density at radius 1 is 1.30 bits per heavy atom. The fraction of sp³-hybridized carbons (Fsp3) is 0.611. The minimum atomic E-state index is -3.39. The summed E-state index contributed by atoms with van der Waals surface area (Å²) in [4.78, 5) is 2.33. The Labute approximate surface area is 189 Å². The van der Waals surface area contributed by atoms with Gasteiger partial charge in [0.05, 0.1) is 25.2 Å². The standard InChI is InChI=1S/C18H28N4O5S.2ClH/c1-28(24,25)21-14-2-3-17-15(12-14)16(20-23)13-18(27-17)4-7-22(8-5-18)9-11-26-10-6-19;;/h2-3,12,21,23H,4-11,13,19H2,1H3;2*1H. The zero-order valence-electron chi connectivity index (χ0n) is 16.9. The molecule has 12 heteroatoms. The highest BCUT2D eigenvalue weighted by Gasteiger charge is 2.42. The van der Waals surface area contributed by atoms with Gasteiger partial charge < -0.3 is 25.3 Å². The fourth-order valence-corrected chi connectivity index (χ4v) is 4.28. The van der Waals surface area contributed by atoms with Gasteiger partial charge in [0, 0.05) is 56.7 Å². The maximum absolute atomic E-state index is 11.5. The van der Waals surface area contributed by atoms with E-state index in [1.54, 1.807) is 18.2 Å². The molecule has 30 heavy (non-hydrogen) atoms. The molecule has 0 unspecified atom stereocenters. The van der Waals surface area contributed by atoms with Crippen molar-refractivity contribution in [3.8, 4) is 5.75 Å². The van der Waals surface area contributed by atoms with Gasteiger partial charge in [0.15, 0.2) is 0 Å². The number of nitrogens with two attached hydrogens (primary N) is 1. The van der Waals surface area contributed by atoms with Crippen molar-refractivity contribution in [2.24, 2.45) is 10.9 Å². The Hall–Kier alpha value is -1.30. The molecule has 1 spiro atoms. The normalized spacial score (nSPS) is 19.3. The highest BCUT2D eigenvalue weighted by atomic mass is 35.5. The lowest BCUT2D eigenvalue weighted by Gasteiger charge is -2.44. The first-order valence-corrected chi connectivity index (χ1v) is 11.3. The largest absolute Gasteiger partial charge is 0.486 e. The summed E-state index contributed by atoms with van der Waals surface area (Å²) in [6.07, 6.45) is 3.20. The number of hydrogen-bond donors (Lipinski definition) is 3. The summed E-state index contributed by atoms with van der Waals surface area (Å²) in [6.45, 7) is 4.36. The van der Waals surface area contributed by atoms with Gasteiger partial charge in [-0.25, -0.2) is 8.42 Å². The highest BCUT2D eigenvalue weighted by Crippen LogP contribution is 2.40. The van der Waals surface area contributed by atoms with Crippen molar-refractivity contribution >= 4 is 46.2 Å². The molecular formula is C18H30Cl2N4O5S. The van der Waals surface area contributed by atoms with Crippen molar-refractivity contribution in [2.45, 2.75) is 24.9 Å². The maximum atomic E-state index is 11.5. The van der Waals surface area contributed by atoms with Gasteiger partial charge in [0.2, 0.25) is 10.0 Å². The zero-order valence-corrected chi connectivity index (χ0v) is 19.3. The van der Waals surface area contributed by atoms with Crippen LogP contribution in [0.15, 0.2) is 23.4 Å². The molecule has 3 rings (SSSR count). The fourth-order valence-electron chi connectivity index (χ4n) is 3.72. The Morgan fingerprint density at radius 2 is 2.00 bits per heavy atom. The number of sulfonamides is 1. The first kappa shape index (κ1) is 26.7. The summed E-state index contributed by atoms with van der Waals surface area (Å²) in [5.41, 5.74) is 6.55. The molecule has 0 saturated carbocycles. The van der Waals surface area contributed by atoms with Crippen LogP contribution in [-0.4, -0.2) is 75.5 Å². The van der Waals surface area contributed by atoms with Gasteiger partial charge >= 0.3 is 0 Å². The SMILES string of the molecule is CS(=O)(=O)Nc1ccc2c(c1)C(=NO)CC1(CCN(CCOCCN)CC1)O2.Cl.Cl. The van der Waals surface area contributed by atoms with Crippen LogP contribution >= 0.6 is 24.8 Å². The number of benzene rings is 1. The van der Waals surface area contributed by atoms with Crippen molar-refractivity contribution in [3.63, 3.8) is 0 Å². The number of piperidine rings is 1. The summed E-state index contributed by atoms with van der Waals surface area (Å²) < 4.78 is 37.1. The third-order valence-corrected chi connectivity index (χ3v) is 5.72. The van der Waals surface area contributed by atoms with Crippen LogP contribution in [0.25, 0.3) is 0 Å². The van der Waals surface area contributed by atoms with E-state index in [-0.39, 0.29) is 24.8 Å². The van der Waals surface area contributed by atoms with E-state index in [2.05, 4.69) is 14.8 Å². The molecular weight excluding hydrogens is 455 g/mol. The van der Waals surface area contributed by atoms with Gasteiger partial charge in [0.1, 0.15) is 11.4 Å². The van der Waals surface area contributed by atoms with Crippen LogP contribution in [0.1, 0.15) is 24.8 Å². The second-order valence-electron chi connectivity index (χ2n) is 7.34. The number of rotatable bonds is 7. The molecule has 172 valence electrons. The van der Waals surface area contributed by atoms with E-state index in [4.69, 9.17) is 15.2 Å². The topological polar surface area (TPSA) is 126 Å². The van der Waals surface area contributed by atoms with Crippen molar-refractivity contribution in [1.82, 2.24) is 4.90 Å². The molecule has 0 bridgehead atoms. The molecule has 1 saturated heterocycles. The Morgan fingerprint density at radius 3 is 2.60 bits per heavy atom. The molecule has 4 N–H and O–H groups in total. The zero-order chi connectivity index (χ0) is 20.2. The van der Waals surface area contributed by atoms with Gasteiger partial charge in [-0.3, -0.25) is 4.72 Å². The minimum Gasteiger partial charge on any atom is -0.486 e. The van der Waals surface area contributed by atoms with Crippen LogP contribution in [0.5, 0.6) is 5.75 Å². The van der Waals surface area contributed by atoms with Crippen LogP contribution in [0.3, 0.4) is 0 Å². The number of ether oxygens (including phenoxy) is 2. The van der Waals surface area contributed by atoms with E-state index in [1.165, 1.54) is 0 Å². The average molecular weight is 485 g/mol. The molecule has 0 aliphatic carbocycles. The molecule has 0 aromatic heterocycles. The number of fused-ring (bicyclic) bond motifs is 1. The molecule has 0 amide bonds. The minimum absolute atomic E-state index is 0. The van der Waals surface area contributed by atoms with Gasteiger partial charge in [-0.15, -0.1) is 24.8 Å². The third kappa shape index (κ3) is 6.86. The second kappa shape index (κ2) is 11.4. The van der Waals surface area contributed by atoms with Crippen molar-refractivity contribution in [1.29, 1.82) is 0 Å². The summed E-state index contributed by atoms with van der Waals surface area (Å²) in [5.74, 6) is 0.609. The quantitative estimate of drug-likeness (QED) is 0.305. The number of nitrogens with zero attached hydrogens (tertiary/aromatic N) is 2. The molecule has 0 atom stereocenters. The first-order chi connectivity index (χ1) is 13.3. The number of likely N-dealkylation sites (tertiary alicyclic amines) is 1. The number of oxime groups is 1. The van der Waals surface area contributed by atoms with Crippen LogP contribution in [0.2, 0.25) is 0 Å². The summed E-state index contributed by atoms with van der Waals surface area (Å²) in [7, 11) is -3.39. The lowest BCUT2D eigenvalue weighted by Crippen LogP contribution is -2.51. The third-order valence-electron chi connectivity index (χ3n) is 5.11. The second-order valence-corrected chi connectivity index (χ2v) is 9.08. The number of anilines is 1. The number of nitrogens with one attached hydrogen (secondary N) is 1. The molecule has 2 aliphatic rings. The maximum Gasteiger partial charge on any atom is 0.229 e. The van der Waals surface area contributed by atoms with Gasteiger partial charge in [-0.05, 0) is 18.2 Å². The Balaban J connectivity index is 0.00000225. The average Bonchev–Trinajstić information content (AvgIpc) is 2.65. The predicted molar refractivity (Wildman–Crippen MR) is 121 cm³/mol. The molecule has 2 aliphatic heterocycles. The van der Waals surface area contributed by atoms with Crippen LogP contribution < -0.4 is 15.2 Å². The molecule has 2 heterocycles. The van der Waals surface area contributed by atoms with Crippen molar-refractivity contribution in [3.05, 3.63) is 23.8 Å². The van der Waals surface area contributed by atoms with Gasteiger partial charge in [0.25, 0.3) is 0 Å². The monoisotopic (exact) mass is 484 g/mol. The lowest BCUT2D eigenvalue weighted by molar-refractivity contribution is -0.00485. The summed E-state index contributed by atoms with van der Waals surface area (Å²) >= 11 is 0. The van der Waals surface area contributed by atoms with E-state index in [0.29, 0.717) is 48.9 Å². The molecule has 9 nitrogen and oxygen atoms in total. The molecule has 1 aromatic carbocycles. The van der Waals surface area contributed by atoms with Gasteiger partial charge in [-0.2, -0.15) is 0 Å². The Kier molecular flexibility index (Phi) is 10.1. The number of hydrogen-bond acceptors (Lipinski definition) is 8. The summed E-state index contributed by atoms with van der Waals surface area (Å²) in [6, 6.07) is 5.02. The summed E-state index contributed by atoms with van der Waals surface area (Å²) in [5, 5.41) is 13.0. The first-order valence-electron chi connectivity index (χ1n) is 9.36. The van der Waals surface area contributed by atoms with Crippen molar-refractivity contribution < 1.29 is 23.1 Å². The van der Waals surface area contributed by atoms with Crippen LogP contribution in [-0.2, 0) is 14.8 Å². The highest BCUT2D eigenvalue weighted by molar-refractivity contribution is 7.92. The van der Waals surface area contributed by atoms with E-state index in [0.717, 1.165) is 38.7 Å². The predicted octanol–water partition coefficient (Wildman–Crippen LogP) is 1.67. The molecule has 0 radical (unpaired) electrons.